The number of hydrogen-bond donors (Lipinski definition) is 1. The number of carbonyl (C=O) groups is 1. The highest BCUT2D eigenvalue weighted by Gasteiger charge is 2.26. The largest absolute Gasteiger partial charge is 0.465 e. The number of rotatable bonds is 6. The first-order chi connectivity index (χ1) is 12.6. The van der Waals surface area contributed by atoms with Crippen LogP contribution in [0, 0.1) is 0 Å². The van der Waals surface area contributed by atoms with Gasteiger partial charge >= 0.3 is 6.09 Å². The third kappa shape index (κ3) is 4.56. The zero-order valence-electron chi connectivity index (χ0n) is 14.9. The topological polar surface area (TPSA) is 69.8 Å². The highest BCUT2D eigenvalue weighted by Crippen LogP contribution is 2.22. The molecule has 1 aromatic carbocycles. The second-order valence-electron chi connectivity index (χ2n) is 6.58. The van der Waals surface area contributed by atoms with Crippen LogP contribution >= 0.6 is 11.6 Å². The summed E-state index contributed by atoms with van der Waals surface area (Å²) in [5, 5.41) is 14.1. The minimum Gasteiger partial charge on any atom is -0.465 e. The zero-order chi connectivity index (χ0) is 18.5. The Morgan fingerprint density at radius 2 is 2.04 bits per heavy atom. The maximum atomic E-state index is 11.2. The molecular weight excluding hydrogens is 354 g/mol. The summed E-state index contributed by atoms with van der Waals surface area (Å²) >= 11 is 5.91. The Kier molecular flexibility index (Phi) is 6.16. The lowest BCUT2D eigenvalue weighted by Gasteiger charge is -2.36. The van der Waals surface area contributed by atoms with Gasteiger partial charge in [-0.3, -0.25) is 0 Å². The number of piperidine rings is 1. The molecular formula is C19H24ClN3O3. The molecule has 1 aromatic heterocycles. The number of halogens is 1. The fourth-order valence-corrected chi connectivity index (χ4v) is 3.59. The molecule has 26 heavy (non-hydrogen) atoms. The predicted molar refractivity (Wildman–Crippen MR) is 101 cm³/mol. The summed E-state index contributed by atoms with van der Waals surface area (Å²) in [4.78, 5) is 15.2. The fraction of sp³-hybridized carbons (Fsp3) is 0.474. The maximum absolute atomic E-state index is 11.2. The van der Waals surface area contributed by atoms with E-state index in [1.807, 2.05) is 37.3 Å². The second kappa shape index (κ2) is 8.56. The van der Waals surface area contributed by atoms with Crippen molar-refractivity contribution in [2.24, 2.45) is 0 Å². The van der Waals surface area contributed by atoms with Crippen LogP contribution in [-0.2, 0) is 6.42 Å². The van der Waals surface area contributed by atoms with Gasteiger partial charge in [-0.25, -0.2) is 4.79 Å². The fourth-order valence-electron chi connectivity index (χ4n) is 3.46. The van der Waals surface area contributed by atoms with E-state index in [0.717, 1.165) is 55.9 Å². The molecule has 0 spiro atoms. The van der Waals surface area contributed by atoms with Gasteiger partial charge in [0, 0.05) is 55.3 Å². The van der Waals surface area contributed by atoms with Crippen LogP contribution in [0.25, 0.3) is 11.3 Å². The molecule has 6 nitrogen and oxygen atoms in total. The van der Waals surface area contributed by atoms with Crippen LogP contribution in [0.1, 0.15) is 25.5 Å². The molecule has 140 valence electrons. The lowest BCUT2D eigenvalue weighted by Crippen LogP contribution is -2.47. The van der Waals surface area contributed by atoms with Crippen LogP contribution < -0.4 is 0 Å². The van der Waals surface area contributed by atoms with E-state index in [0.29, 0.717) is 11.6 Å². The van der Waals surface area contributed by atoms with Gasteiger partial charge in [0.15, 0.2) is 0 Å². The van der Waals surface area contributed by atoms with E-state index in [1.165, 1.54) is 0 Å². The van der Waals surface area contributed by atoms with E-state index < -0.39 is 6.09 Å². The van der Waals surface area contributed by atoms with Crippen LogP contribution in [0.15, 0.2) is 34.9 Å². The summed E-state index contributed by atoms with van der Waals surface area (Å²) in [6, 6.07) is 9.64. The Labute approximate surface area is 158 Å². The molecule has 2 heterocycles. The Morgan fingerprint density at radius 1 is 1.35 bits per heavy atom. The summed E-state index contributed by atoms with van der Waals surface area (Å²) in [5.41, 5.74) is 1.80. The first kappa shape index (κ1) is 18.7. The van der Waals surface area contributed by atoms with Crippen LogP contribution in [-0.4, -0.2) is 58.4 Å². The molecule has 0 radical (unpaired) electrons. The summed E-state index contributed by atoms with van der Waals surface area (Å²) < 4.78 is 5.45. The number of aromatic nitrogens is 1. The molecule has 1 fully saturated rings. The van der Waals surface area contributed by atoms with Crippen molar-refractivity contribution in [1.29, 1.82) is 0 Å². The smallest absolute Gasteiger partial charge is 0.407 e. The van der Waals surface area contributed by atoms with Gasteiger partial charge in [0.05, 0.1) is 0 Å². The van der Waals surface area contributed by atoms with Gasteiger partial charge in [-0.2, -0.15) is 0 Å². The van der Waals surface area contributed by atoms with E-state index in [1.54, 1.807) is 4.90 Å². The van der Waals surface area contributed by atoms with Gasteiger partial charge in [-0.05, 0) is 31.9 Å². The minimum absolute atomic E-state index is 0.135. The lowest BCUT2D eigenvalue weighted by atomic mass is 10.0. The van der Waals surface area contributed by atoms with Crippen LogP contribution in [0.5, 0.6) is 0 Å². The molecule has 1 saturated heterocycles. The normalized spacial score (nSPS) is 15.9. The van der Waals surface area contributed by atoms with Crippen molar-refractivity contribution in [2.75, 3.05) is 26.2 Å². The number of hydrogen-bond acceptors (Lipinski definition) is 4. The SMILES string of the molecule is CCN(C(=O)O)C1CCN(CCc2cc(-c3ccc(Cl)cc3)no2)CC1. The molecule has 7 heteroatoms. The highest BCUT2D eigenvalue weighted by atomic mass is 35.5. The van der Waals surface area contributed by atoms with E-state index >= 15 is 0 Å². The van der Waals surface area contributed by atoms with E-state index in [2.05, 4.69) is 10.1 Å². The van der Waals surface area contributed by atoms with Crippen LogP contribution in [0.4, 0.5) is 4.79 Å². The molecule has 1 amide bonds. The first-order valence-corrected chi connectivity index (χ1v) is 9.38. The lowest BCUT2D eigenvalue weighted by molar-refractivity contribution is 0.0936. The van der Waals surface area contributed by atoms with Crippen molar-refractivity contribution < 1.29 is 14.4 Å². The molecule has 1 aliphatic rings. The Morgan fingerprint density at radius 3 is 2.65 bits per heavy atom. The van der Waals surface area contributed by atoms with Crippen molar-refractivity contribution in [3.05, 3.63) is 41.1 Å². The Balaban J connectivity index is 1.48. The second-order valence-corrected chi connectivity index (χ2v) is 7.01. The third-order valence-electron chi connectivity index (χ3n) is 4.96. The number of likely N-dealkylation sites (tertiary alicyclic amines) is 1. The Bertz CT molecular complexity index is 724. The van der Waals surface area contributed by atoms with Crippen molar-refractivity contribution in [3.8, 4) is 11.3 Å². The average Bonchev–Trinajstić information content (AvgIpc) is 3.11. The van der Waals surface area contributed by atoms with Crippen LogP contribution in [0.2, 0.25) is 5.02 Å². The molecule has 0 unspecified atom stereocenters. The van der Waals surface area contributed by atoms with Gasteiger partial charge in [0.25, 0.3) is 0 Å². The van der Waals surface area contributed by atoms with Gasteiger partial charge in [-0.1, -0.05) is 28.9 Å². The number of benzene rings is 1. The number of amides is 1. The zero-order valence-corrected chi connectivity index (χ0v) is 15.7. The molecule has 1 N–H and O–H groups in total. The molecule has 0 atom stereocenters. The molecule has 0 saturated carbocycles. The van der Waals surface area contributed by atoms with E-state index in [9.17, 15) is 9.90 Å². The maximum Gasteiger partial charge on any atom is 0.407 e. The molecule has 3 rings (SSSR count). The summed E-state index contributed by atoms with van der Waals surface area (Å²) in [6.45, 7) is 5.15. The first-order valence-electron chi connectivity index (χ1n) is 9.00. The third-order valence-corrected chi connectivity index (χ3v) is 5.21. The monoisotopic (exact) mass is 377 g/mol. The summed E-state index contributed by atoms with van der Waals surface area (Å²) in [6.07, 6.45) is 1.74. The van der Waals surface area contributed by atoms with E-state index in [-0.39, 0.29) is 6.04 Å². The standard InChI is InChI=1S/C19H24ClN3O3/c1-2-23(19(24)25)16-7-10-22(11-8-16)12-9-17-13-18(21-26-17)14-3-5-15(20)6-4-14/h3-6,13,16H,2,7-12H2,1H3,(H,24,25). The van der Waals surface area contributed by atoms with Gasteiger partial charge in [0.2, 0.25) is 0 Å². The molecule has 0 bridgehead atoms. The van der Waals surface area contributed by atoms with Crippen LogP contribution in [0.3, 0.4) is 0 Å². The van der Waals surface area contributed by atoms with Crippen molar-refractivity contribution in [1.82, 2.24) is 15.0 Å². The summed E-state index contributed by atoms with van der Waals surface area (Å²) in [5.74, 6) is 0.859. The number of nitrogens with zero attached hydrogens (tertiary/aromatic N) is 3. The molecule has 0 aliphatic carbocycles. The summed E-state index contributed by atoms with van der Waals surface area (Å²) in [7, 11) is 0. The average molecular weight is 378 g/mol. The minimum atomic E-state index is -0.817. The Hall–Kier alpha value is -2.05. The van der Waals surface area contributed by atoms with Gasteiger partial charge in [0.1, 0.15) is 11.5 Å². The van der Waals surface area contributed by atoms with Gasteiger partial charge in [-0.15, -0.1) is 0 Å². The molecule has 1 aliphatic heterocycles. The van der Waals surface area contributed by atoms with Crippen molar-refractivity contribution in [3.63, 3.8) is 0 Å². The van der Waals surface area contributed by atoms with Crippen molar-refractivity contribution in [2.45, 2.75) is 32.2 Å². The highest BCUT2D eigenvalue weighted by molar-refractivity contribution is 6.30. The van der Waals surface area contributed by atoms with E-state index in [4.69, 9.17) is 16.1 Å². The number of carboxylic acid groups (broad SMARTS) is 1. The molecule has 2 aromatic rings. The van der Waals surface area contributed by atoms with Crippen molar-refractivity contribution >= 4 is 17.7 Å². The van der Waals surface area contributed by atoms with Gasteiger partial charge < -0.3 is 19.4 Å². The predicted octanol–water partition coefficient (Wildman–Crippen LogP) is 4.00. The quantitative estimate of drug-likeness (QED) is 0.823.